The van der Waals surface area contributed by atoms with Gasteiger partial charge in [0.05, 0.1) is 11.1 Å². The van der Waals surface area contributed by atoms with Gasteiger partial charge in [-0.05, 0) is 18.2 Å². The Morgan fingerprint density at radius 3 is 2.16 bits per heavy atom. The third-order valence-corrected chi connectivity index (χ3v) is 4.78. The largest absolute Gasteiger partial charge is 0.354 e. The minimum atomic E-state index is -0.180. The summed E-state index contributed by atoms with van der Waals surface area (Å²) >= 11 is 0. The van der Waals surface area contributed by atoms with Gasteiger partial charge in [0.1, 0.15) is 12.1 Å². The second kappa shape index (κ2) is 6.60. The molecule has 1 aromatic carbocycles. The van der Waals surface area contributed by atoms with Crippen molar-refractivity contribution < 1.29 is 9.59 Å². The normalized spacial score (nSPS) is 17.9. The van der Waals surface area contributed by atoms with Gasteiger partial charge < -0.3 is 4.90 Å². The molecule has 0 unspecified atom stereocenters. The van der Waals surface area contributed by atoms with E-state index >= 15 is 0 Å². The van der Waals surface area contributed by atoms with Crippen LogP contribution < -0.4 is 4.90 Å². The first-order valence-corrected chi connectivity index (χ1v) is 8.42. The molecule has 1 saturated heterocycles. The smallest absolute Gasteiger partial charge is 0.261 e. The van der Waals surface area contributed by atoms with Crippen molar-refractivity contribution >= 4 is 17.6 Å². The van der Waals surface area contributed by atoms with E-state index in [0.717, 1.165) is 32.0 Å². The molecule has 0 aliphatic carbocycles. The first-order chi connectivity index (χ1) is 12.2. The summed E-state index contributed by atoms with van der Waals surface area (Å²) in [5.74, 6) is 0.579. The molecule has 0 atom stereocenters. The molecule has 1 aromatic heterocycles. The Hall–Kier alpha value is -2.80. The Morgan fingerprint density at radius 2 is 1.56 bits per heavy atom. The van der Waals surface area contributed by atoms with E-state index in [4.69, 9.17) is 0 Å². The van der Waals surface area contributed by atoms with Crippen molar-refractivity contribution in [2.45, 2.75) is 0 Å². The van der Waals surface area contributed by atoms with Crippen LogP contribution in [0.5, 0.6) is 0 Å². The quantitative estimate of drug-likeness (QED) is 0.772. The van der Waals surface area contributed by atoms with Crippen molar-refractivity contribution in [2.24, 2.45) is 0 Å². The highest BCUT2D eigenvalue weighted by Gasteiger charge is 2.35. The molecule has 4 rings (SSSR count). The molecule has 2 aliphatic rings. The summed E-state index contributed by atoms with van der Waals surface area (Å²) < 4.78 is 0. The number of imide groups is 1. The highest BCUT2D eigenvalue weighted by Crippen LogP contribution is 2.22. The van der Waals surface area contributed by atoms with E-state index in [-0.39, 0.29) is 11.8 Å². The second-order valence-corrected chi connectivity index (χ2v) is 6.20. The Balaban J connectivity index is 1.32. The van der Waals surface area contributed by atoms with Crippen molar-refractivity contribution in [3.05, 3.63) is 54.0 Å². The number of rotatable bonds is 4. The summed E-state index contributed by atoms with van der Waals surface area (Å²) in [6.07, 6.45) is 3.31. The second-order valence-electron chi connectivity index (χ2n) is 6.20. The molecular formula is C18H19N5O2. The lowest BCUT2D eigenvalue weighted by Gasteiger charge is -2.35. The number of aromatic nitrogens is 2. The summed E-state index contributed by atoms with van der Waals surface area (Å²) in [5, 5.41) is 0. The van der Waals surface area contributed by atoms with Crippen LogP contribution in [-0.4, -0.2) is 70.9 Å². The van der Waals surface area contributed by atoms with Gasteiger partial charge in [0, 0.05) is 45.5 Å². The van der Waals surface area contributed by atoms with Gasteiger partial charge in [0.15, 0.2) is 0 Å². The van der Waals surface area contributed by atoms with Crippen LogP contribution in [-0.2, 0) is 0 Å². The van der Waals surface area contributed by atoms with E-state index in [1.54, 1.807) is 36.8 Å². The Morgan fingerprint density at radius 1 is 0.880 bits per heavy atom. The van der Waals surface area contributed by atoms with Gasteiger partial charge in [-0.25, -0.2) is 9.97 Å². The van der Waals surface area contributed by atoms with Crippen molar-refractivity contribution in [2.75, 3.05) is 44.2 Å². The summed E-state index contributed by atoms with van der Waals surface area (Å²) in [6, 6.07) is 8.93. The van der Waals surface area contributed by atoms with Gasteiger partial charge in [-0.3, -0.25) is 19.4 Å². The molecule has 1 fully saturated rings. The van der Waals surface area contributed by atoms with Gasteiger partial charge in [-0.2, -0.15) is 0 Å². The number of piperazine rings is 1. The van der Waals surface area contributed by atoms with Crippen molar-refractivity contribution in [1.82, 2.24) is 19.8 Å². The molecule has 25 heavy (non-hydrogen) atoms. The standard InChI is InChI=1S/C18H19N5O2/c24-17-14-3-1-2-4-15(14)18(25)23(17)12-9-21-7-10-22(11-8-21)16-5-6-19-13-20-16/h1-6,13H,7-12H2. The van der Waals surface area contributed by atoms with Crippen LogP contribution in [0.1, 0.15) is 20.7 Å². The highest BCUT2D eigenvalue weighted by molar-refractivity contribution is 6.21. The Labute approximate surface area is 145 Å². The zero-order chi connectivity index (χ0) is 17.2. The topological polar surface area (TPSA) is 69.6 Å². The maximum Gasteiger partial charge on any atom is 0.261 e. The molecule has 0 N–H and O–H groups in total. The lowest BCUT2D eigenvalue weighted by atomic mass is 10.1. The van der Waals surface area contributed by atoms with E-state index < -0.39 is 0 Å². The number of carbonyl (C=O) groups is 2. The predicted molar refractivity (Wildman–Crippen MR) is 92.5 cm³/mol. The molecule has 2 aliphatic heterocycles. The molecule has 128 valence electrons. The number of hydrogen-bond donors (Lipinski definition) is 0. The van der Waals surface area contributed by atoms with E-state index in [2.05, 4.69) is 19.8 Å². The monoisotopic (exact) mass is 337 g/mol. The highest BCUT2D eigenvalue weighted by atomic mass is 16.2. The fourth-order valence-corrected chi connectivity index (χ4v) is 3.35. The molecule has 3 heterocycles. The fraction of sp³-hybridized carbons (Fsp3) is 0.333. The minimum absolute atomic E-state index is 0.180. The van der Waals surface area contributed by atoms with Crippen LogP contribution in [0, 0.1) is 0 Å². The van der Waals surface area contributed by atoms with E-state index in [1.807, 2.05) is 6.07 Å². The molecule has 0 bridgehead atoms. The van der Waals surface area contributed by atoms with Gasteiger partial charge in [0.25, 0.3) is 11.8 Å². The summed E-state index contributed by atoms with van der Waals surface area (Å²) in [7, 11) is 0. The van der Waals surface area contributed by atoms with Crippen LogP contribution in [0.3, 0.4) is 0 Å². The number of amides is 2. The van der Waals surface area contributed by atoms with Crippen LogP contribution in [0.15, 0.2) is 42.9 Å². The number of anilines is 1. The zero-order valence-corrected chi connectivity index (χ0v) is 13.8. The predicted octanol–water partition coefficient (Wildman–Crippen LogP) is 0.895. The first-order valence-electron chi connectivity index (χ1n) is 8.42. The van der Waals surface area contributed by atoms with E-state index in [9.17, 15) is 9.59 Å². The lowest BCUT2D eigenvalue weighted by molar-refractivity contribution is 0.0635. The summed E-state index contributed by atoms with van der Waals surface area (Å²) in [5.41, 5.74) is 1.03. The van der Waals surface area contributed by atoms with Gasteiger partial charge in [-0.15, -0.1) is 0 Å². The minimum Gasteiger partial charge on any atom is -0.354 e. The number of carbonyl (C=O) groups excluding carboxylic acids is 2. The molecule has 0 saturated carbocycles. The van der Waals surface area contributed by atoms with Gasteiger partial charge in [0.2, 0.25) is 0 Å². The number of benzene rings is 1. The molecule has 0 radical (unpaired) electrons. The van der Waals surface area contributed by atoms with Gasteiger partial charge >= 0.3 is 0 Å². The average Bonchev–Trinajstić information content (AvgIpc) is 2.92. The number of fused-ring (bicyclic) bond motifs is 1. The third-order valence-electron chi connectivity index (χ3n) is 4.78. The SMILES string of the molecule is O=C1c2ccccc2C(=O)N1CCN1CCN(c2ccncn2)CC1. The van der Waals surface area contributed by atoms with Crippen LogP contribution in [0.4, 0.5) is 5.82 Å². The molecular weight excluding hydrogens is 318 g/mol. The van der Waals surface area contributed by atoms with Crippen molar-refractivity contribution in [1.29, 1.82) is 0 Å². The molecule has 2 aromatic rings. The van der Waals surface area contributed by atoms with Crippen molar-refractivity contribution in [3.63, 3.8) is 0 Å². The van der Waals surface area contributed by atoms with Crippen LogP contribution in [0.25, 0.3) is 0 Å². The maximum atomic E-state index is 12.4. The summed E-state index contributed by atoms with van der Waals surface area (Å²) in [6.45, 7) is 4.64. The zero-order valence-electron chi connectivity index (χ0n) is 13.8. The van der Waals surface area contributed by atoms with Crippen LogP contribution in [0.2, 0.25) is 0 Å². The Bertz CT molecular complexity index is 752. The molecule has 2 amide bonds. The van der Waals surface area contributed by atoms with E-state index in [1.165, 1.54) is 4.90 Å². The van der Waals surface area contributed by atoms with Crippen LogP contribution >= 0.6 is 0 Å². The first kappa shape index (κ1) is 15.7. The average molecular weight is 337 g/mol. The van der Waals surface area contributed by atoms with Gasteiger partial charge in [-0.1, -0.05) is 12.1 Å². The van der Waals surface area contributed by atoms with E-state index in [0.29, 0.717) is 24.2 Å². The van der Waals surface area contributed by atoms with Crippen molar-refractivity contribution in [3.8, 4) is 0 Å². The third kappa shape index (κ3) is 2.98. The number of hydrogen-bond acceptors (Lipinski definition) is 6. The number of nitrogens with zero attached hydrogens (tertiary/aromatic N) is 5. The fourth-order valence-electron chi connectivity index (χ4n) is 3.35. The molecule has 7 heteroatoms. The summed E-state index contributed by atoms with van der Waals surface area (Å²) in [4.78, 5) is 38.8. The molecule has 0 spiro atoms. The maximum absolute atomic E-state index is 12.4. The molecule has 7 nitrogen and oxygen atoms in total. The lowest BCUT2D eigenvalue weighted by Crippen LogP contribution is -2.49. The Kier molecular flexibility index (Phi) is 4.15.